The Morgan fingerprint density at radius 3 is 2.27 bits per heavy atom. The zero-order valence-electron chi connectivity index (χ0n) is 13.0. The third-order valence-corrected chi connectivity index (χ3v) is 4.83. The van der Waals surface area contributed by atoms with Crippen molar-refractivity contribution in [2.75, 3.05) is 5.73 Å². The third kappa shape index (κ3) is 4.00. The number of nitrogens with one attached hydrogen (secondary N) is 1. The van der Waals surface area contributed by atoms with Crippen LogP contribution >= 0.6 is 0 Å². The van der Waals surface area contributed by atoms with E-state index in [1.165, 1.54) is 6.07 Å². The molecule has 118 valence electrons. The summed E-state index contributed by atoms with van der Waals surface area (Å²) in [5.74, 6) is -0.451. The average molecular weight is 320 g/mol. The highest BCUT2D eigenvalue weighted by Crippen LogP contribution is 2.27. The fourth-order valence-corrected chi connectivity index (χ4v) is 2.84. The number of benzene rings is 2. The van der Waals surface area contributed by atoms with Crippen molar-refractivity contribution in [1.82, 2.24) is 4.72 Å². The summed E-state index contributed by atoms with van der Waals surface area (Å²) in [5, 5.41) is 0. The van der Waals surface area contributed by atoms with E-state index in [2.05, 4.69) is 4.72 Å². The van der Waals surface area contributed by atoms with Gasteiger partial charge in [0.2, 0.25) is 0 Å². The number of nitrogens with two attached hydrogens (primary N) is 1. The second-order valence-electron chi connectivity index (χ2n) is 6.12. The normalized spacial score (nSPS) is 14.6. The van der Waals surface area contributed by atoms with Crippen molar-refractivity contribution < 1.29 is 8.94 Å². The number of nitrogen functional groups attached to an aromatic ring is 1. The molecule has 2 atom stereocenters. The lowest BCUT2D eigenvalue weighted by atomic mass is 9.99. The van der Waals surface area contributed by atoms with Crippen LogP contribution in [0.5, 0.6) is 0 Å². The molecule has 0 fully saturated rings. The lowest BCUT2D eigenvalue weighted by Crippen LogP contribution is -2.41. The Labute approximate surface area is 134 Å². The minimum absolute atomic E-state index is 0.0850. The summed E-state index contributed by atoms with van der Waals surface area (Å²) in [6.45, 7) is 5.70. The molecule has 3 nitrogen and oxygen atoms in total. The summed E-state index contributed by atoms with van der Waals surface area (Å²) < 4.78 is 28.6. The number of rotatable bonds is 4. The first-order valence-electron chi connectivity index (χ1n) is 7.07. The number of halogens is 1. The van der Waals surface area contributed by atoms with E-state index >= 15 is 0 Å². The van der Waals surface area contributed by atoms with Crippen molar-refractivity contribution in [1.29, 1.82) is 0 Å². The lowest BCUT2D eigenvalue weighted by Gasteiger charge is -2.28. The van der Waals surface area contributed by atoms with Crippen LogP contribution < -0.4 is 10.5 Å². The monoisotopic (exact) mass is 320 g/mol. The van der Waals surface area contributed by atoms with Crippen LogP contribution in [0.3, 0.4) is 0 Å². The van der Waals surface area contributed by atoms with Crippen LogP contribution in [0, 0.1) is 5.82 Å². The van der Waals surface area contributed by atoms with Gasteiger partial charge in [-0.15, -0.1) is 4.72 Å². The zero-order chi connectivity index (χ0) is 16.3. The maximum atomic E-state index is 13.4. The van der Waals surface area contributed by atoms with Crippen LogP contribution in [0.2, 0.25) is 0 Å². The molecule has 0 bridgehead atoms. The Morgan fingerprint density at radius 1 is 1.09 bits per heavy atom. The second-order valence-corrected chi connectivity index (χ2v) is 8.12. The van der Waals surface area contributed by atoms with Gasteiger partial charge in [0.1, 0.15) is 16.6 Å². The Kier molecular flexibility index (Phi) is 5.11. The molecular weight excluding hydrogens is 299 g/mol. The van der Waals surface area contributed by atoms with Gasteiger partial charge in [0, 0.05) is 11.4 Å². The maximum Gasteiger partial charge on any atom is 0.146 e. The van der Waals surface area contributed by atoms with E-state index in [9.17, 15) is 8.94 Å². The molecule has 0 saturated carbocycles. The van der Waals surface area contributed by atoms with Gasteiger partial charge >= 0.3 is 0 Å². The van der Waals surface area contributed by atoms with Crippen molar-refractivity contribution >= 4 is 17.0 Å². The molecule has 0 saturated heterocycles. The Hall–Kier alpha value is -1.56. The van der Waals surface area contributed by atoms with E-state index in [1.807, 2.05) is 51.1 Å². The van der Waals surface area contributed by atoms with Crippen LogP contribution in [-0.2, 0) is 11.4 Å². The second kappa shape index (κ2) is 6.69. The predicted molar refractivity (Wildman–Crippen MR) is 90.1 cm³/mol. The molecule has 0 heterocycles. The fraction of sp³-hybridized carbons (Fsp3) is 0.294. The topological polar surface area (TPSA) is 61.1 Å². The molecule has 5 heteroatoms. The minimum Gasteiger partial charge on any atom is -0.598 e. The quantitative estimate of drug-likeness (QED) is 0.669. The van der Waals surface area contributed by atoms with Gasteiger partial charge in [-0.05, 0) is 44.0 Å². The molecule has 22 heavy (non-hydrogen) atoms. The molecule has 0 amide bonds. The summed E-state index contributed by atoms with van der Waals surface area (Å²) >= 11 is -1.26. The van der Waals surface area contributed by atoms with Gasteiger partial charge in [-0.2, -0.15) is 0 Å². The standard InChI is InChI=1S/C17H21FN2OS/c1-17(2,3)22(21)20-16(12-7-5-4-6-8-12)13-9-10-14(18)15(19)11-13/h4-11,16,20H,19H2,1-3H3/t16-,22-/m1/s1. The SMILES string of the molecule is CC(C)(C)[S@@+]([O-])N[C@H](c1ccccc1)c1ccc(F)c(N)c1. The van der Waals surface area contributed by atoms with Gasteiger partial charge in [-0.25, -0.2) is 4.39 Å². The van der Waals surface area contributed by atoms with Crippen LogP contribution in [-0.4, -0.2) is 9.30 Å². The maximum absolute atomic E-state index is 13.4. The van der Waals surface area contributed by atoms with E-state index in [1.54, 1.807) is 12.1 Å². The van der Waals surface area contributed by atoms with Gasteiger partial charge in [0.15, 0.2) is 0 Å². The highest BCUT2D eigenvalue weighted by atomic mass is 32.2. The van der Waals surface area contributed by atoms with Crippen molar-refractivity contribution in [3.63, 3.8) is 0 Å². The Bertz CT molecular complexity index is 628. The summed E-state index contributed by atoms with van der Waals surface area (Å²) in [6.07, 6.45) is 0. The highest BCUT2D eigenvalue weighted by molar-refractivity contribution is 7.90. The average Bonchev–Trinajstić information content (AvgIpc) is 2.47. The smallest absolute Gasteiger partial charge is 0.146 e. The molecule has 0 spiro atoms. The molecule has 0 radical (unpaired) electrons. The largest absolute Gasteiger partial charge is 0.598 e. The first-order chi connectivity index (χ1) is 10.3. The summed E-state index contributed by atoms with van der Waals surface area (Å²) in [4.78, 5) is 0. The number of hydrogen-bond donors (Lipinski definition) is 2. The Morgan fingerprint density at radius 2 is 1.73 bits per heavy atom. The third-order valence-electron chi connectivity index (χ3n) is 3.27. The van der Waals surface area contributed by atoms with E-state index in [0.29, 0.717) is 0 Å². The van der Waals surface area contributed by atoms with Gasteiger partial charge in [0.25, 0.3) is 0 Å². The van der Waals surface area contributed by atoms with E-state index < -0.39 is 21.9 Å². The molecule has 0 unspecified atom stereocenters. The van der Waals surface area contributed by atoms with Gasteiger partial charge in [-0.3, -0.25) is 0 Å². The van der Waals surface area contributed by atoms with E-state index in [-0.39, 0.29) is 11.7 Å². The molecule has 0 aliphatic heterocycles. The van der Waals surface area contributed by atoms with Crippen LogP contribution in [0.1, 0.15) is 37.9 Å². The van der Waals surface area contributed by atoms with Crippen LogP contribution in [0.4, 0.5) is 10.1 Å². The lowest BCUT2D eigenvalue weighted by molar-refractivity contribution is 0.535. The highest BCUT2D eigenvalue weighted by Gasteiger charge is 2.30. The fourth-order valence-electron chi connectivity index (χ4n) is 2.00. The van der Waals surface area contributed by atoms with Crippen molar-refractivity contribution in [2.24, 2.45) is 0 Å². The molecule has 0 aliphatic carbocycles. The molecule has 2 aromatic rings. The number of hydrogen-bond acceptors (Lipinski definition) is 3. The van der Waals surface area contributed by atoms with Crippen molar-refractivity contribution in [3.05, 3.63) is 65.5 Å². The van der Waals surface area contributed by atoms with E-state index in [4.69, 9.17) is 5.73 Å². The molecule has 3 N–H and O–H groups in total. The predicted octanol–water partition coefficient (Wildman–Crippen LogP) is 3.55. The summed E-state index contributed by atoms with van der Waals surface area (Å²) in [7, 11) is 0. The van der Waals surface area contributed by atoms with Gasteiger partial charge in [-0.1, -0.05) is 36.4 Å². The van der Waals surface area contributed by atoms with Crippen molar-refractivity contribution in [2.45, 2.75) is 31.6 Å². The van der Waals surface area contributed by atoms with Gasteiger partial charge in [0.05, 0.1) is 5.69 Å². The Balaban J connectivity index is 2.39. The molecule has 2 rings (SSSR count). The number of anilines is 1. The van der Waals surface area contributed by atoms with Crippen LogP contribution in [0.25, 0.3) is 0 Å². The van der Waals surface area contributed by atoms with Crippen LogP contribution in [0.15, 0.2) is 48.5 Å². The summed E-state index contributed by atoms with van der Waals surface area (Å²) in [5.41, 5.74) is 7.49. The molecule has 0 aromatic heterocycles. The first-order valence-corrected chi connectivity index (χ1v) is 8.22. The summed E-state index contributed by atoms with van der Waals surface area (Å²) in [6, 6.07) is 13.9. The zero-order valence-corrected chi connectivity index (χ0v) is 13.8. The molecule has 0 aliphatic rings. The molecule has 2 aromatic carbocycles. The van der Waals surface area contributed by atoms with Crippen molar-refractivity contribution in [3.8, 4) is 0 Å². The minimum atomic E-state index is -1.26. The first kappa shape index (κ1) is 16.8. The van der Waals surface area contributed by atoms with Gasteiger partial charge < -0.3 is 10.3 Å². The van der Waals surface area contributed by atoms with E-state index in [0.717, 1.165) is 11.1 Å². The molecular formula is C17H21FN2OS.